The topological polar surface area (TPSA) is 81.6 Å². The van der Waals surface area contributed by atoms with Crippen LogP contribution in [-0.4, -0.2) is 31.2 Å². The second-order valence-electron chi connectivity index (χ2n) is 4.65. The van der Waals surface area contributed by atoms with Crippen LogP contribution in [0.25, 0.3) is 0 Å². The summed E-state index contributed by atoms with van der Waals surface area (Å²) in [5.41, 5.74) is 6.35. The molecule has 1 aromatic carbocycles. The molecule has 6 nitrogen and oxygen atoms in total. The van der Waals surface area contributed by atoms with Gasteiger partial charge in [0.05, 0.1) is 11.5 Å². The lowest BCUT2D eigenvalue weighted by molar-refractivity contribution is -0.385. The van der Waals surface area contributed by atoms with E-state index < -0.39 is 0 Å². The molecule has 2 rings (SSSR count). The summed E-state index contributed by atoms with van der Waals surface area (Å²) in [6.45, 7) is 4.42. The van der Waals surface area contributed by atoms with Crippen LogP contribution in [0.3, 0.4) is 0 Å². The largest absolute Gasteiger partial charge is 0.487 e. The Labute approximate surface area is 112 Å². The molecule has 0 amide bonds. The molecule has 6 heteroatoms. The van der Waals surface area contributed by atoms with Crippen molar-refractivity contribution in [3.05, 3.63) is 28.3 Å². The van der Waals surface area contributed by atoms with Crippen LogP contribution in [0.2, 0.25) is 0 Å². The van der Waals surface area contributed by atoms with E-state index in [9.17, 15) is 10.1 Å². The molecular formula is C13H19N3O3. The summed E-state index contributed by atoms with van der Waals surface area (Å²) in [5, 5.41) is 11.3. The van der Waals surface area contributed by atoms with Gasteiger partial charge in [0.1, 0.15) is 5.69 Å². The standard InChI is InChI=1S/C13H19N3O3/c1-2-19-12-5-3-4-11(13(12)16(17)18)15-7-6-10(8-14)9-15/h3-5,10H,2,6-9,14H2,1H3. The van der Waals surface area contributed by atoms with E-state index in [-0.39, 0.29) is 10.6 Å². The minimum atomic E-state index is -0.365. The molecule has 1 aliphatic heterocycles. The molecule has 1 unspecified atom stereocenters. The molecule has 0 spiro atoms. The Hall–Kier alpha value is -1.82. The molecule has 2 N–H and O–H groups in total. The van der Waals surface area contributed by atoms with Crippen molar-refractivity contribution in [1.82, 2.24) is 0 Å². The Kier molecular flexibility index (Phi) is 4.21. The van der Waals surface area contributed by atoms with Crippen molar-refractivity contribution in [3.63, 3.8) is 0 Å². The van der Waals surface area contributed by atoms with E-state index in [2.05, 4.69) is 0 Å². The Morgan fingerprint density at radius 1 is 1.58 bits per heavy atom. The first-order chi connectivity index (χ1) is 9.17. The molecule has 1 aliphatic rings. The third kappa shape index (κ3) is 2.78. The van der Waals surface area contributed by atoms with Gasteiger partial charge >= 0.3 is 5.69 Å². The van der Waals surface area contributed by atoms with E-state index in [1.165, 1.54) is 0 Å². The molecule has 1 fully saturated rings. The lowest BCUT2D eigenvalue weighted by Gasteiger charge is -2.19. The highest BCUT2D eigenvalue weighted by molar-refractivity contribution is 5.70. The zero-order valence-electron chi connectivity index (χ0n) is 11.0. The average molecular weight is 265 g/mol. The zero-order chi connectivity index (χ0) is 13.8. The highest BCUT2D eigenvalue weighted by atomic mass is 16.6. The minimum Gasteiger partial charge on any atom is -0.487 e. The van der Waals surface area contributed by atoms with Crippen LogP contribution in [0, 0.1) is 16.0 Å². The zero-order valence-corrected chi connectivity index (χ0v) is 11.0. The van der Waals surface area contributed by atoms with Gasteiger partial charge in [-0.1, -0.05) is 6.07 Å². The van der Waals surface area contributed by atoms with Crippen molar-refractivity contribution in [1.29, 1.82) is 0 Å². The van der Waals surface area contributed by atoms with Crippen molar-refractivity contribution < 1.29 is 9.66 Å². The molecular weight excluding hydrogens is 246 g/mol. The molecule has 0 saturated carbocycles. The fraction of sp³-hybridized carbons (Fsp3) is 0.538. The van der Waals surface area contributed by atoms with E-state index in [0.717, 1.165) is 19.5 Å². The molecule has 1 aromatic rings. The summed E-state index contributed by atoms with van der Waals surface area (Å²) in [6.07, 6.45) is 0.979. The van der Waals surface area contributed by atoms with Crippen LogP contribution in [0.5, 0.6) is 5.75 Å². The van der Waals surface area contributed by atoms with Gasteiger partial charge in [-0.2, -0.15) is 0 Å². The van der Waals surface area contributed by atoms with Crippen LogP contribution in [0.15, 0.2) is 18.2 Å². The number of benzene rings is 1. The maximum atomic E-state index is 11.3. The molecule has 19 heavy (non-hydrogen) atoms. The second-order valence-corrected chi connectivity index (χ2v) is 4.65. The average Bonchev–Trinajstić information content (AvgIpc) is 2.87. The normalized spacial score (nSPS) is 18.6. The van der Waals surface area contributed by atoms with Crippen LogP contribution in [0.4, 0.5) is 11.4 Å². The number of nitro groups is 1. The second kappa shape index (κ2) is 5.88. The lowest BCUT2D eigenvalue weighted by atomic mass is 10.1. The van der Waals surface area contributed by atoms with E-state index in [1.807, 2.05) is 11.8 Å². The van der Waals surface area contributed by atoms with Crippen LogP contribution < -0.4 is 15.4 Å². The number of nitrogens with zero attached hydrogens (tertiary/aromatic N) is 2. The highest BCUT2D eigenvalue weighted by Gasteiger charge is 2.29. The summed E-state index contributed by atoms with van der Waals surface area (Å²) in [5.74, 6) is 0.747. The summed E-state index contributed by atoms with van der Waals surface area (Å²) in [6, 6.07) is 5.21. The summed E-state index contributed by atoms with van der Waals surface area (Å²) < 4.78 is 5.36. The Morgan fingerprint density at radius 2 is 2.37 bits per heavy atom. The number of hydrogen-bond donors (Lipinski definition) is 1. The number of nitro benzene ring substituents is 1. The van der Waals surface area contributed by atoms with E-state index in [0.29, 0.717) is 30.5 Å². The summed E-state index contributed by atoms with van der Waals surface area (Å²) >= 11 is 0. The number of rotatable bonds is 5. The third-order valence-corrected chi connectivity index (χ3v) is 3.42. The smallest absolute Gasteiger partial charge is 0.333 e. The maximum Gasteiger partial charge on any atom is 0.333 e. The number of nitrogens with two attached hydrogens (primary N) is 1. The first kappa shape index (κ1) is 13.6. The molecule has 0 aromatic heterocycles. The van der Waals surface area contributed by atoms with Gasteiger partial charge in [-0.05, 0) is 37.9 Å². The van der Waals surface area contributed by atoms with Crippen LogP contribution in [0.1, 0.15) is 13.3 Å². The fourth-order valence-corrected chi connectivity index (χ4v) is 2.47. The Bertz CT molecular complexity index is 464. The van der Waals surface area contributed by atoms with E-state index in [4.69, 9.17) is 10.5 Å². The van der Waals surface area contributed by atoms with Gasteiger partial charge in [0.25, 0.3) is 0 Å². The van der Waals surface area contributed by atoms with Crippen molar-refractivity contribution in [3.8, 4) is 5.75 Å². The van der Waals surface area contributed by atoms with Gasteiger partial charge in [-0.15, -0.1) is 0 Å². The predicted octanol–water partition coefficient (Wildman–Crippen LogP) is 1.78. The van der Waals surface area contributed by atoms with Gasteiger partial charge in [-0.25, -0.2) is 0 Å². The fourth-order valence-electron chi connectivity index (χ4n) is 2.47. The molecule has 0 aliphatic carbocycles. The molecule has 1 atom stereocenters. The van der Waals surface area contributed by atoms with Gasteiger partial charge in [-0.3, -0.25) is 10.1 Å². The molecule has 104 valence electrons. The monoisotopic (exact) mass is 265 g/mol. The SMILES string of the molecule is CCOc1cccc(N2CCC(CN)C2)c1[N+](=O)[O-]. The van der Waals surface area contributed by atoms with Gasteiger partial charge in [0.2, 0.25) is 0 Å². The first-order valence-corrected chi connectivity index (χ1v) is 6.52. The predicted molar refractivity (Wildman–Crippen MR) is 73.6 cm³/mol. The highest BCUT2D eigenvalue weighted by Crippen LogP contribution is 2.39. The van der Waals surface area contributed by atoms with Gasteiger partial charge in [0, 0.05) is 13.1 Å². The van der Waals surface area contributed by atoms with Gasteiger partial charge in [0.15, 0.2) is 5.75 Å². The van der Waals surface area contributed by atoms with Crippen molar-refractivity contribution >= 4 is 11.4 Å². The van der Waals surface area contributed by atoms with Gasteiger partial charge < -0.3 is 15.4 Å². The Morgan fingerprint density at radius 3 is 2.95 bits per heavy atom. The lowest BCUT2D eigenvalue weighted by Crippen LogP contribution is -2.23. The molecule has 1 saturated heterocycles. The van der Waals surface area contributed by atoms with E-state index in [1.54, 1.807) is 18.2 Å². The van der Waals surface area contributed by atoms with Crippen LogP contribution >= 0.6 is 0 Å². The number of hydrogen-bond acceptors (Lipinski definition) is 5. The molecule has 1 heterocycles. The number of anilines is 1. The summed E-state index contributed by atoms with van der Waals surface area (Å²) in [7, 11) is 0. The van der Waals surface area contributed by atoms with E-state index >= 15 is 0 Å². The van der Waals surface area contributed by atoms with Crippen molar-refractivity contribution in [2.24, 2.45) is 11.7 Å². The minimum absolute atomic E-state index is 0.0574. The molecule has 0 radical (unpaired) electrons. The van der Waals surface area contributed by atoms with Crippen molar-refractivity contribution in [2.45, 2.75) is 13.3 Å². The molecule has 0 bridgehead atoms. The number of para-hydroxylation sites is 1. The van der Waals surface area contributed by atoms with Crippen molar-refractivity contribution in [2.75, 3.05) is 31.1 Å². The first-order valence-electron chi connectivity index (χ1n) is 6.52. The number of ether oxygens (including phenoxy) is 1. The quantitative estimate of drug-likeness (QED) is 0.648. The summed E-state index contributed by atoms with van der Waals surface area (Å²) in [4.78, 5) is 13.0. The Balaban J connectivity index is 2.34. The van der Waals surface area contributed by atoms with Crippen LogP contribution in [-0.2, 0) is 0 Å². The maximum absolute atomic E-state index is 11.3. The third-order valence-electron chi connectivity index (χ3n) is 3.42.